The van der Waals surface area contributed by atoms with Gasteiger partial charge in [-0.15, -0.1) is 11.3 Å². The molecule has 0 saturated heterocycles. The third-order valence-electron chi connectivity index (χ3n) is 4.33. The first kappa shape index (κ1) is 15.5. The lowest BCUT2D eigenvalue weighted by Gasteiger charge is -2.28. The molecule has 0 spiro atoms. The summed E-state index contributed by atoms with van der Waals surface area (Å²) in [5, 5.41) is 12.2. The minimum absolute atomic E-state index is 0.0147. The Morgan fingerprint density at radius 3 is 2.85 bits per heavy atom. The first-order chi connectivity index (χ1) is 9.58. The summed E-state index contributed by atoms with van der Waals surface area (Å²) in [4.78, 5) is 14.6. The predicted molar refractivity (Wildman–Crippen MR) is 83.4 cm³/mol. The van der Waals surface area contributed by atoms with Crippen LogP contribution < -0.4 is 5.32 Å². The second kappa shape index (κ2) is 6.72. The van der Waals surface area contributed by atoms with E-state index in [-0.39, 0.29) is 18.1 Å². The van der Waals surface area contributed by atoms with Gasteiger partial charge in [0.25, 0.3) is 5.91 Å². The van der Waals surface area contributed by atoms with Crippen molar-refractivity contribution in [3.05, 3.63) is 21.4 Å². The van der Waals surface area contributed by atoms with Gasteiger partial charge in [0, 0.05) is 17.0 Å². The van der Waals surface area contributed by atoms with Crippen LogP contribution in [-0.2, 0) is 12.8 Å². The zero-order chi connectivity index (χ0) is 14.6. The van der Waals surface area contributed by atoms with E-state index in [1.807, 2.05) is 13.8 Å². The van der Waals surface area contributed by atoms with Gasteiger partial charge in [0.1, 0.15) is 0 Å². The molecule has 4 heteroatoms. The van der Waals surface area contributed by atoms with E-state index in [0.717, 1.165) is 24.1 Å². The Morgan fingerprint density at radius 1 is 1.40 bits per heavy atom. The Balaban J connectivity index is 2.09. The number of hydrogen-bond acceptors (Lipinski definition) is 3. The van der Waals surface area contributed by atoms with E-state index in [2.05, 4.69) is 11.4 Å². The van der Waals surface area contributed by atoms with Crippen LogP contribution in [-0.4, -0.2) is 23.2 Å². The van der Waals surface area contributed by atoms with Crippen LogP contribution in [0.25, 0.3) is 0 Å². The van der Waals surface area contributed by atoms with Gasteiger partial charge in [-0.1, -0.05) is 13.3 Å². The molecule has 1 aliphatic carbocycles. The number of aliphatic hydroxyl groups is 1. The molecule has 112 valence electrons. The van der Waals surface area contributed by atoms with Gasteiger partial charge in [-0.3, -0.25) is 4.79 Å². The Hall–Kier alpha value is -0.870. The first-order valence-electron chi connectivity index (χ1n) is 7.63. The third-order valence-corrected chi connectivity index (χ3v) is 5.57. The standard InChI is InChI=1S/C16H25NO2S/c1-3-16(2,9-10-18)17-15(19)14-11-12-7-5-4-6-8-13(12)20-14/h11,18H,3-10H2,1-2H3,(H,17,19). The van der Waals surface area contributed by atoms with Crippen LogP contribution in [0.3, 0.4) is 0 Å². The Bertz CT molecular complexity index is 446. The highest BCUT2D eigenvalue weighted by molar-refractivity contribution is 7.14. The average Bonchev–Trinajstić information content (AvgIpc) is 2.71. The number of amides is 1. The lowest BCUT2D eigenvalue weighted by molar-refractivity contribution is 0.0890. The third kappa shape index (κ3) is 3.61. The number of carbonyl (C=O) groups excluding carboxylic acids is 1. The Kier molecular flexibility index (Phi) is 5.22. The summed E-state index contributed by atoms with van der Waals surface area (Å²) in [6, 6.07) is 2.08. The van der Waals surface area contributed by atoms with Crippen LogP contribution in [0, 0.1) is 0 Å². The molecule has 1 unspecified atom stereocenters. The van der Waals surface area contributed by atoms with Gasteiger partial charge in [-0.25, -0.2) is 0 Å². The second-order valence-corrected chi connectivity index (χ2v) is 7.10. The van der Waals surface area contributed by atoms with E-state index in [0.29, 0.717) is 6.42 Å². The minimum atomic E-state index is -0.312. The summed E-state index contributed by atoms with van der Waals surface area (Å²) < 4.78 is 0. The molecule has 2 rings (SSSR count). The SMILES string of the molecule is CCC(C)(CCO)NC(=O)c1cc2c(s1)CCCCC2. The van der Waals surface area contributed by atoms with Crippen molar-refractivity contribution >= 4 is 17.2 Å². The van der Waals surface area contributed by atoms with Crippen LogP contribution in [0.15, 0.2) is 6.07 Å². The van der Waals surface area contributed by atoms with Crippen molar-refractivity contribution in [3.8, 4) is 0 Å². The van der Waals surface area contributed by atoms with Crippen molar-refractivity contribution in [2.45, 2.75) is 64.3 Å². The molecule has 0 bridgehead atoms. The van der Waals surface area contributed by atoms with Gasteiger partial charge >= 0.3 is 0 Å². The predicted octanol–water partition coefficient (Wildman–Crippen LogP) is 3.30. The summed E-state index contributed by atoms with van der Waals surface area (Å²) >= 11 is 1.65. The van der Waals surface area contributed by atoms with Crippen molar-refractivity contribution < 1.29 is 9.90 Å². The average molecular weight is 295 g/mol. The fraction of sp³-hybridized carbons (Fsp3) is 0.688. The molecule has 0 aromatic carbocycles. The van der Waals surface area contributed by atoms with Crippen LogP contribution in [0.1, 0.15) is 66.1 Å². The number of aliphatic hydroxyl groups excluding tert-OH is 1. The maximum absolute atomic E-state index is 12.4. The van der Waals surface area contributed by atoms with E-state index in [1.54, 1.807) is 11.3 Å². The van der Waals surface area contributed by atoms with Gasteiger partial charge < -0.3 is 10.4 Å². The maximum Gasteiger partial charge on any atom is 0.261 e. The molecule has 1 heterocycles. The molecule has 1 aromatic rings. The van der Waals surface area contributed by atoms with E-state index in [9.17, 15) is 4.79 Å². The monoisotopic (exact) mass is 295 g/mol. The molecule has 20 heavy (non-hydrogen) atoms. The molecule has 0 aliphatic heterocycles. The second-order valence-electron chi connectivity index (χ2n) is 5.96. The molecule has 0 saturated carbocycles. The molecule has 0 radical (unpaired) electrons. The summed E-state index contributed by atoms with van der Waals surface area (Å²) in [6.45, 7) is 4.14. The van der Waals surface area contributed by atoms with Crippen LogP contribution >= 0.6 is 11.3 Å². The zero-order valence-electron chi connectivity index (χ0n) is 12.5. The normalized spacial score (nSPS) is 17.9. The van der Waals surface area contributed by atoms with Gasteiger partial charge in [-0.05, 0) is 57.1 Å². The largest absolute Gasteiger partial charge is 0.396 e. The molecule has 1 amide bonds. The summed E-state index contributed by atoms with van der Waals surface area (Å²) in [7, 11) is 0. The summed E-state index contributed by atoms with van der Waals surface area (Å²) in [5.41, 5.74) is 1.06. The zero-order valence-corrected chi connectivity index (χ0v) is 13.3. The summed E-state index contributed by atoms with van der Waals surface area (Å²) in [6.07, 6.45) is 7.43. The van der Waals surface area contributed by atoms with Gasteiger partial charge in [0.05, 0.1) is 4.88 Å². The quantitative estimate of drug-likeness (QED) is 0.819. The van der Waals surface area contributed by atoms with Gasteiger partial charge in [0.2, 0.25) is 0 Å². The van der Waals surface area contributed by atoms with Crippen molar-refractivity contribution in [2.75, 3.05) is 6.61 Å². The van der Waals surface area contributed by atoms with Gasteiger partial charge in [-0.2, -0.15) is 0 Å². The smallest absolute Gasteiger partial charge is 0.261 e. The van der Waals surface area contributed by atoms with Crippen molar-refractivity contribution in [1.82, 2.24) is 5.32 Å². The number of fused-ring (bicyclic) bond motifs is 1. The molecule has 1 aromatic heterocycles. The topological polar surface area (TPSA) is 49.3 Å². The van der Waals surface area contributed by atoms with Crippen molar-refractivity contribution in [2.24, 2.45) is 0 Å². The number of thiophene rings is 1. The number of carbonyl (C=O) groups is 1. The molecular formula is C16H25NO2S. The fourth-order valence-corrected chi connectivity index (χ4v) is 3.84. The van der Waals surface area contributed by atoms with Crippen LogP contribution in [0.4, 0.5) is 0 Å². The maximum atomic E-state index is 12.4. The van der Waals surface area contributed by atoms with Crippen molar-refractivity contribution in [1.29, 1.82) is 0 Å². The van der Waals surface area contributed by atoms with E-state index in [4.69, 9.17) is 5.11 Å². The Labute approximate surface area is 125 Å². The molecule has 0 fully saturated rings. The number of aryl methyl sites for hydroxylation is 2. The highest BCUT2D eigenvalue weighted by Crippen LogP contribution is 2.29. The Morgan fingerprint density at radius 2 is 2.15 bits per heavy atom. The molecule has 1 atom stereocenters. The molecular weight excluding hydrogens is 270 g/mol. The minimum Gasteiger partial charge on any atom is -0.396 e. The number of nitrogens with one attached hydrogen (secondary N) is 1. The summed E-state index contributed by atoms with van der Waals surface area (Å²) in [5.74, 6) is 0.0147. The highest BCUT2D eigenvalue weighted by Gasteiger charge is 2.25. The fourth-order valence-electron chi connectivity index (χ4n) is 2.69. The van der Waals surface area contributed by atoms with E-state index >= 15 is 0 Å². The lowest BCUT2D eigenvalue weighted by Crippen LogP contribution is -2.45. The molecule has 2 N–H and O–H groups in total. The van der Waals surface area contributed by atoms with Crippen molar-refractivity contribution in [3.63, 3.8) is 0 Å². The molecule has 1 aliphatic rings. The van der Waals surface area contributed by atoms with Gasteiger partial charge in [0.15, 0.2) is 0 Å². The lowest BCUT2D eigenvalue weighted by atomic mass is 9.95. The van der Waals surface area contributed by atoms with Crippen LogP contribution in [0.2, 0.25) is 0 Å². The highest BCUT2D eigenvalue weighted by atomic mass is 32.1. The van der Waals surface area contributed by atoms with E-state index in [1.165, 1.54) is 29.7 Å². The van der Waals surface area contributed by atoms with E-state index < -0.39 is 0 Å². The molecule has 3 nitrogen and oxygen atoms in total. The number of rotatable bonds is 5. The first-order valence-corrected chi connectivity index (χ1v) is 8.44. The number of hydrogen-bond donors (Lipinski definition) is 2. The van der Waals surface area contributed by atoms with Crippen LogP contribution in [0.5, 0.6) is 0 Å².